The van der Waals surface area contributed by atoms with E-state index in [4.69, 9.17) is 4.74 Å². The van der Waals surface area contributed by atoms with Crippen LogP contribution in [-0.4, -0.2) is 13.3 Å². The van der Waals surface area contributed by atoms with Gasteiger partial charge < -0.3 is 4.74 Å². The molecule has 0 amide bonds. The lowest BCUT2D eigenvalue weighted by atomic mass is 10.1. The Balaban J connectivity index is 2.97. The molecule has 0 aromatic heterocycles. The van der Waals surface area contributed by atoms with Gasteiger partial charge in [-0.1, -0.05) is 12.1 Å². The zero-order valence-electron chi connectivity index (χ0n) is 7.98. The van der Waals surface area contributed by atoms with Crippen molar-refractivity contribution in [3.05, 3.63) is 29.3 Å². The molecule has 78 valence electrons. The van der Waals surface area contributed by atoms with Gasteiger partial charge in [-0.15, -0.1) is 0 Å². The highest BCUT2D eigenvalue weighted by atomic mass is 19.4. The van der Waals surface area contributed by atoms with E-state index in [1.165, 1.54) is 13.2 Å². The van der Waals surface area contributed by atoms with E-state index in [0.717, 1.165) is 5.56 Å². The Hall–Kier alpha value is -1.19. The van der Waals surface area contributed by atoms with Crippen molar-refractivity contribution in [2.45, 2.75) is 19.5 Å². The fraction of sp³-hybridized carbons (Fsp3) is 0.400. The van der Waals surface area contributed by atoms with Crippen LogP contribution < -0.4 is 4.74 Å². The van der Waals surface area contributed by atoms with E-state index >= 15 is 0 Å². The van der Waals surface area contributed by atoms with E-state index in [9.17, 15) is 13.2 Å². The average molecular weight is 204 g/mol. The molecular weight excluding hydrogens is 193 g/mol. The number of benzene rings is 1. The lowest BCUT2D eigenvalue weighted by Gasteiger charge is -2.11. The predicted molar refractivity (Wildman–Crippen MR) is 47.5 cm³/mol. The minimum atomic E-state index is -4.19. The van der Waals surface area contributed by atoms with Crippen LogP contribution in [0.25, 0.3) is 0 Å². The van der Waals surface area contributed by atoms with Gasteiger partial charge in [0, 0.05) is 5.56 Å². The first kappa shape index (κ1) is 10.9. The molecule has 1 aromatic carbocycles. The Kier molecular flexibility index (Phi) is 3.03. The maximum atomic E-state index is 12.1. The summed E-state index contributed by atoms with van der Waals surface area (Å²) in [5.41, 5.74) is 1.05. The highest BCUT2D eigenvalue weighted by molar-refractivity contribution is 5.37. The molecule has 0 spiro atoms. The predicted octanol–water partition coefficient (Wildman–Crippen LogP) is 3.11. The fourth-order valence-corrected chi connectivity index (χ4v) is 1.21. The fourth-order valence-electron chi connectivity index (χ4n) is 1.21. The quantitative estimate of drug-likeness (QED) is 0.719. The zero-order valence-corrected chi connectivity index (χ0v) is 7.98. The molecule has 1 nitrogen and oxygen atoms in total. The Morgan fingerprint density at radius 1 is 1.29 bits per heavy atom. The van der Waals surface area contributed by atoms with E-state index in [2.05, 4.69) is 0 Å². The first-order valence-corrected chi connectivity index (χ1v) is 4.12. The molecule has 0 saturated carbocycles. The molecule has 0 N–H and O–H groups in total. The van der Waals surface area contributed by atoms with Crippen molar-refractivity contribution in [3.8, 4) is 5.75 Å². The third kappa shape index (κ3) is 2.94. The van der Waals surface area contributed by atoms with Crippen molar-refractivity contribution < 1.29 is 17.9 Å². The summed E-state index contributed by atoms with van der Waals surface area (Å²) in [5, 5.41) is 0. The molecule has 0 unspecified atom stereocenters. The number of aryl methyl sites for hydroxylation is 1. The van der Waals surface area contributed by atoms with Gasteiger partial charge in [0.25, 0.3) is 0 Å². The molecule has 0 atom stereocenters. The van der Waals surface area contributed by atoms with Crippen LogP contribution in [0.4, 0.5) is 13.2 Å². The maximum absolute atomic E-state index is 12.1. The van der Waals surface area contributed by atoms with Gasteiger partial charge in [-0.05, 0) is 18.6 Å². The Morgan fingerprint density at radius 3 is 2.43 bits per heavy atom. The minimum Gasteiger partial charge on any atom is -0.496 e. The van der Waals surface area contributed by atoms with E-state index < -0.39 is 12.6 Å². The van der Waals surface area contributed by atoms with Crippen LogP contribution in [0.5, 0.6) is 5.75 Å². The van der Waals surface area contributed by atoms with Gasteiger partial charge in [0.2, 0.25) is 0 Å². The number of methoxy groups -OCH3 is 1. The smallest absolute Gasteiger partial charge is 0.393 e. The summed E-state index contributed by atoms with van der Waals surface area (Å²) >= 11 is 0. The van der Waals surface area contributed by atoms with Gasteiger partial charge >= 0.3 is 6.18 Å². The standard InChI is InChI=1S/C10H11F3O/c1-7-3-4-8(6-10(11,12)13)9(5-7)14-2/h3-5H,6H2,1-2H3. The molecular formula is C10H11F3O. The highest BCUT2D eigenvalue weighted by Gasteiger charge is 2.29. The Bertz CT molecular complexity index is 318. The second-order valence-electron chi connectivity index (χ2n) is 3.11. The van der Waals surface area contributed by atoms with Crippen LogP contribution >= 0.6 is 0 Å². The number of hydrogen-bond donors (Lipinski definition) is 0. The van der Waals surface area contributed by atoms with Crippen molar-refractivity contribution in [2.75, 3.05) is 7.11 Å². The largest absolute Gasteiger partial charge is 0.496 e. The molecule has 0 radical (unpaired) electrons. The third-order valence-corrected chi connectivity index (χ3v) is 1.83. The van der Waals surface area contributed by atoms with Crippen LogP contribution in [0.15, 0.2) is 18.2 Å². The van der Waals surface area contributed by atoms with Crippen LogP contribution in [0, 0.1) is 6.92 Å². The summed E-state index contributed by atoms with van der Waals surface area (Å²) in [6.45, 7) is 1.81. The van der Waals surface area contributed by atoms with Crippen LogP contribution in [0.2, 0.25) is 0 Å². The molecule has 0 aliphatic rings. The molecule has 0 saturated heterocycles. The lowest BCUT2D eigenvalue weighted by Crippen LogP contribution is -2.12. The Morgan fingerprint density at radius 2 is 1.93 bits per heavy atom. The lowest BCUT2D eigenvalue weighted by molar-refractivity contribution is -0.127. The number of halogens is 3. The summed E-state index contributed by atoms with van der Waals surface area (Å²) in [6.07, 6.45) is -5.14. The summed E-state index contributed by atoms with van der Waals surface area (Å²) in [6, 6.07) is 4.69. The third-order valence-electron chi connectivity index (χ3n) is 1.83. The van der Waals surface area contributed by atoms with Gasteiger partial charge in [-0.3, -0.25) is 0 Å². The second kappa shape index (κ2) is 3.90. The number of alkyl halides is 3. The molecule has 4 heteroatoms. The zero-order chi connectivity index (χ0) is 10.8. The normalized spacial score (nSPS) is 11.5. The average Bonchev–Trinajstić information content (AvgIpc) is 2.06. The van der Waals surface area contributed by atoms with Crippen LogP contribution in [0.1, 0.15) is 11.1 Å². The van der Waals surface area contributed by atoms with Crippen molar-refractivity contribution in [3.63, 3.8) is 0 Å². The van der Waals surface area contributed by atoms with E-state index in [1.54, 1.807) is 19.1 Å². The van der Waals surface area contributed by atoms with E-state index in [1.807, 2.05) is 0 Å². The number of rotatable bonds is 2. The number of ether oxygens (including phenoxy) is 1. The van der Waals surface area contributed by atoms with Crippen molar-refractivity contribution in [1.29, 1.82) is 0 Å². The molecule has 0 aliphatic heterocycles. The van der Waals surface area contributed by atoms with Crippen molar-refractivity contribution >= 4 is 0 Å². The molecule has 1 aromatic rings. The van der Waals surface area contributed by atoms with Gasteiger partial charge in [0.15, 0.2) is 0 Å². The van der Waals surface area contributed by atoms with Gasteiger partial charge in [-0.2, -0.15) is 13.2 Å². The topological polar surface area (TPSA) is 9.23 Å². The van der Waals surface area contributed by atoms with Crippen LogP contribution in [-0.2, 0) is 6.42 Å². The molecule has 0 heterocycles. The molecule has 14 heavy (non-hydrogen) atoms. The van der Waals surface area contributed by atoms with Gasteiger partial charge in [-0.25, -0.2) is 0 Å². The molecule has 1 rings (SSSR count). The summed E-state index contributed by atoms with van der Waals surface area (Å²) in [4.78, 5) is 0. The molecule has 0 aliphatic carbocycles. The van der Waals surface area contributed by atoms with Crippen LogP contribution in [0.3, 0.4) is 0 Å². The summed E-state index contributed by atoms with van der Waals surface area (Å²) in [5.74, 6) is 0.294. The maximum Gasteiger partial charge on any atom is 0.393 e. The monoisotopic (exact) mass is 204 g/mol. The van der Waals surface area contributed by atoms with Gasteiger partial charge in [0.05, 0.1) is 13.5 Å². The van der Waals surface area contributed by atoms with E-state index in [-0.39, 0.29) is 5.56 Å². The van der Waals surface area contributed by atoms with Crippen molar-refractivity contribution in [1.82, 2.24) is 0 Å². The minimum absolute atomic E-state index is 0.172. The second-order valence-corrected chi connectivity index (χ2v) is 3.11. The Labute approximate surface area is 80.5 Å². The summed E-state index contributed by atoms with van der Waals surface area (Å²) < 4.78 is 41.2. The first-order chi connectivity index (χ1) is 6.42. The van der Waals surface area contributed by atoms with Crippen molar-refractivity contribution in [2.24, 2.45) is 0 Å². The number of hydrogen-bond acceptors (Lipinski definition) is 1. The van der Waals surface area contributed by atoms with E-state index in [0.29, 0.717) is 5.75 Å². The summed E-state index contributed by atoms with van der Waals surface area (Å²) in [7, 11) is 1.37. The molecule has 0 bridgehead atoms. The SMILES string of the molecule is COc1cc(C)ccc1CC(F)(F)F. The van der Waals surface area contributed by atoms with Gasteiger partial charge in [0.1, 0.15) is 5.75 Å². The molecule has 0 fully saturated rings. The highest BCUT2D eigenvalue weighted by Crippen LogP contribution is 2.28. The first-order valence-electron chi connectivity index (χ1n) is 4.12.